The predicted molar refractivity (Wildman–Crippen MR) is 105 cm³/mol. The van der Waals surface area contributed by atoms with Crippen molar-refractivity contribution in [2.75, 3.05) is 20.1 Å². The summed E-state index contributed by atoms with van der Waals surface area (Å²) in [7, 11) is 1.61. The van der Waals surface area contributed by atoms with E-state index in [9.17, 15) is 13.6 Å². The average molecular weight is 388 g/mol. The minimum atomic E-state index is -0.769. The summed E-state index contributed by atoms with van der Waals surface area (Å²) in [6, 6.07) is 3.44. The molecule has 3 rings (SSSR count). The highest BCUT2D eigenvalue weighted by molar-refractivity contribution is 6.12. The summed E-state index contributed by atoms with van der Waals surface area (Å²) in [4.78, 5) is 13.7. The van der Waals surface area contributed by atoms with E-state index >= 15 is 0 Å². The van der Waals surface area contributed by atoms with E-state index < -0.39 is 11.6 Å². The third kappa shape index (κ3) is 4.13. The van der Waals surface area contributed by atoms with Gasteiger partial charge >= 0.3 is 6.03 Å². The van der Waals surface area contributed by atoms with Crippen LogP contribution >= 0.6 is 0 Å². The van der Waals surface area contributed by atoms with Gasteiger partial charge in [-0.25, -0.2) is 13.6 Å². The summed E-state index contributed by atoms with van der Waals surface area (Å²) in [5, 5.41) is 19.5. The van der Waals surface area contributed by atoms with Gasteiger partial charge in [-0.3, -0.25) is 0 Å². The fraction of sp³-hybridized carbons (Fsp3) is 0.476. The van der Waals surface area contributed by atoms with Crippen molar-refractivity contribution in [1.82, 2.24) is 10.2 Å². The number of carbonyl (C=O) groups excluding carboxylic acids is 1. The van der Waals surface area contributed by atoms with Crippen molar-refractivity contribution in [3.8, 4) is 0 Å². The molecule has 1 aliphatic carbocycles. The Labute approximate surface area is 163 Å². The normalized spacial score (nSPS) is 24.3. The lowest BCUT2D eigenvalue weighted by Gasteiger charge is -2.39. The number of likely N-dealkylation sites (tertiary alicyclic amines) is 1. The highest BCUT2D eigenvalue weighted by Crippen LogP contribution is 2.35. The second-order valence-electron chi connectivity index (χ2n) is 7.50. The quantitative estimate of drug-likeness (QED) is 0.669. The molecule has 1 heterocycles. The fourth-order valence-corrected chi connectivity index (χ4v) is 4.33. The van der Waals surface area contributed by atoms with E-state index in [0.717, 1.165) is 44.4 Å². The van der Waals surface area contributed by atoms with Crippen LogP contribution in [-0.4, -0.2) is 42.5 Å². The van der Waals surface area contributed by atoms with E-state index in [1.54, 1.807) is 11.9 Å². The van der Waals surface area contributed by atoms with Gasteiger partial charge in [0.25, 0.3) is 0 Å². The lowest BCUT2D eigenvalue weighted by Crippen LogP contribution is -2.47. The smallest absolute Gasteiger partial charge is 0.317 e. The molecule has 1 unspecified atom stereocenters. The Kier molecular flexibility index (Phi) is 6.21. The topological polar surface area (TPSA) is 80.0 Å². The summed E-state index contributed by atoms with van der Waals surface area (Å²) < 4.78 is 27.9. The lowest BCUT2D eigenvalue weighted by atomic mass is 9.73. The van der Waals surface area contributed by atoms with Crippen molar-refractivity contribution in [2.45, 2.75) is 32.1 Å². The Balaban J connectivity index is 1.78. The zero-order valence-electron chi connectivity index (χ0n) is 16.0. The van der Waals surface area contributed by atoms with Crippen LogP contribution in [0, 0.1) is 34.3 Å². The first-order chi connectivity index (χ1) is 13.4. The number of nitrogens with zero attached hydrogens (tertiary/aromatic N) is 1. The molecule has 2 aliphatic rings. The van der Waals surface area contributed by atoms with E-state index in [2.05, 4.69) is 5.32 Å². The molecule has 0 spiro atoms. The first kappa shape index (κ1) is 20.2. The number of carbonyl (C=O) groups is 1. The molecule has 28 heavy (non-hydrogen) atoms. The number of allylic oxidation sites excluding steroid dienone is 2. The molecule has 2 fully saturated rings. The van der Waals surface area contributed by atoms with Gasteiger partial charge in [0.1, 0.15) is 11.6 Å². The van der Waals surface area contributed by atoms with Crippen molar-refractivity contribution in [3.63, 3.8) is 0 Å². The Morgan fingerprint density at radius 1 is 1.25 bits per heavy atom. The number of benzene rings is 1. The maximum atomic E-state index is 14.0. The number of hydrogen-bond donors (Lipinski definition) is 3. The first-order valence-corrected chi connectivity index (χ1v) is 9.71. The van der Waals surface area contributed by atoms with Gasteiger partial charge in [-0.2, -0.15) is 0 Å². The Morgan fingerprint density at radius 2 is 1.96 bits per heavy atom. The van der Waals surface area contributed by atoms with Gasteiger partial charge < -0.3 is 21.0 Å². The first-order valence-electron chi connectivity index (χ1n) is 9.71. The summed E-state index contributed by atoms with van der Waals surface area (Å²) in [5.41, 5.74) is 0.512. The predicted octanol–water partition coefficient (Wildman–Crippen LogP) is 4.13. The van der Waals surface area contributed by atoms with Crippen LogP contribution in [0.25, 0.3) is 0 Å². The van der Waals surface area contributed by atoms with Gasteiger partial charge in [-0.1, -0.05) is 6.07 Å². The fourth-order valence-electron chi connectivity index (χ4n) is 4.33. The zero-order chi connectivity index (χ0) is 20.3. The number of amides is 2. The second-order valence-corrected chi connectivity index (χ2v) is 7.50. The molecule has 1 aromatic rings. The monoisotopic (exact) mass is 388 g/mol. The van der Waals surface area contributed by atoms with E-state index in [1.165, 1.54) is 12.1 Å². The molecular formula is C21H26F2N4O. The van der Waals surface area contributed by atoms with Crippen LogP contribution in [-0.2, 0) is 0 Å². The van der Waals surface area contributed by atoms with Crippen LogP contribution in [0.2, 0.25) is 0 Å². The van der Waals surface area contributed by atoms with Gasteiger partial charge in [-0.05, 0) is 61.8 Å². The average Bonchev–Trinajstić information content (AvgIpc) is 2.69. The molecule has 1 aromatic carbocycles. The minimum absolute atomic E-state index is 0.00530. The Hall–Kier alpha value is -2.57. The number of urea groups is 1. The highest BCUT2D eigenvalue weighted by atomic mass is 19.1. The maximum Gasteiger partial charge on any atom is 0.317 e. The van der Waals surface area contributed by atoms with Gasteiger partial charge in [-0.15, -0.1) is 0 Å². The molecule has 3 N–H and O–H groups in total. The molecule has 1 saturated heterocycles. The molecule has 150 valence electrons. The van der Waals surface area contributed by atoms with Gasteiger partial charge in [0, 0.05) is 31.8 Å². The van der Waals surface area contributed by atoms with Crippen molar-refractivity contribution in [3.05, 3.63) is 47.0 Å². The molecule has 7 heteroatoms. The van der Waals surface area contributed by atoms with Crippen LogP contribution < -0.4 is 5.32 Å². The summed E-state index contributed by atoms with van der Waals surface area (Å²) in [6.07, 6.45) is 5.64. The third-order valence-electron chi connectivity index (χ3n) is 5.76. The molecule has 0 radical (unpaired) electrons. The van der Waals surface area contributed by atoms with Crippen molar-refractivity contribution in [1.29, 1.82) is 10.8 Å². The van der Waals surface area contributed by atoms with Crippen LogP contribution in [0.15, 0.2) is 29.8 Å². The number of nitrogens with one attached hydrogen (secondary N) is 3. The van der Waals surface area contributed by atoms with Crippen molar-refractivity contribution < 1.29 is 13.6 Å². The third-order valence-corrected chi connectivity index (χ3v) is 5.76. The van der Waals surface area contributed by atoms with Gasteiger partial charge in [0.2, 0.25) is 0 Å². The molecule has 2 amide bonds. The standard InChI is InChI=1S/C21H26F2N4O/c1-26-21(28)27-10-4-6-14(12-27)15-7-2-5-13(20(15)25)11-18(24)19-16(22)8-3-9-17(19)23/h3,8-9,11,14-15,24-25H,2,4-7,10,12H2,1H3,(H,26,28)/b13-11-,24-18?,25-20?/t14-,15?/m0/s1. The minimum Gasteiger partial charge on any atom is -0.341 e. The Morgan fingerprint density at radius 3 is 2.64 bits per heavy atom. The molecular weight excluding hydrogens is 362 g/mol. The number of hydrogen-bond acceptors (Lipinski definition) is 3. The lowest BCUT2D eigenvalue weighted by molar-refractivity contribution is 0.152. The molecule has 1 aliphatic heterocycles. The van der Waals surface area contributed by atoms with E-state index in [0.29, 0.717) is 24.3 Å². The second kappa shape index (κ2) is 8.63. The molecule has 1 saturated carbocycles. The van der Waals surface area contributed by atoms with E-state index in [-0.39, 0.29) is 29.1 Å². The van der Waals surface area contributed by atoms with E-state index in [4.69, 9.17) is 10.8 Å². The molecule has 5 nitrogen and oxygen atoms in total. The summed E-state index contributed by atoms with van der Waals surface area (Å²) in [5.74, 6) is -1.34. The van der Waals surface area contributed by atoms with Crippen molar-refractivity contribution in [2.24, 2.45) is 11.8 Å². The summed E-state index contributed by atoms with van der Waals surface area (Å²) >= 11 is 0. The SMILES string of the molecule is CNC(=O)N1CCC[C@H](C2CCC/C(=C/C(=N)c3c(F)cccc3F)C2=N)C1. The maximum absolute atomic E-state index is 14.0. The number of piperidine rings is 1. The molecule has 2 atom stereocenters. The van der Waals surface area contributed by atoms with Gasteiger partial charge in [0.15, 0.2) is 0 Å². The van der Waals surface area contributed by atoms with Crippen LogP contribution in [0.3, 0.4) is 0 Å². The van der Waals surface area contributed by atoms with E-state index in [1.807, 2.05) is 0 Å². The van der Waals surface area contributed by atoms with Crippen molar-refractivity contribution >= 4 is 17.5 Å². The zero-order valence-corrected chi connectivity index (χ0v) is 16.0. The van der Waals surface area contributed by atoms with Gasteiger partial charge in [0.05, 0.1) is 11.3 Å². The van der Waals surface area contributed by atoms with Crippen LogP contribution in [0.5, 0.6) is 0 Å². The number of rotatable bonds is 3. The Bertz CT molecular complexity index is 800. The molecule has 0 bridgehead atoms. The van der Waals surface area contributed by atoms with Crippen LogP contribution in [0.4, 0.5) is 13.6 Å². The highest BCUT2D eigenvalue weighted by Gasteiger charge is 2.34. The summed E-state index contributed by atoms with van der Waals surface area (Å²) in [6.45, 7) is 1.33. The van der Waals surface area contributed by atoms with Crippen LogP contribution in [0.1, 0.15) is 37.7 Å². The number of halogens is 2. The largest absolute Gasteiger partial charge is 0.341 e. The molecule has 0 aromatic heterocycles.